The van der Waals surface area contributed by atoms with Crippen molar-refractivity contribution in [2.75, 3.05) is 4.72 Å². The monoisotopic (exact) mass is 710 g/mol. The fraction of sp³-hybridized carbons (Fsp3) is 0.205. The Labute approximate surface area is 300 Å². The average Bonchev–Trinajstić information content (AvgIpc) is 3.11. The number of anilines is 1. The number of esters is 1. The second-order valence-corrected chi connectivity index (χ2v) is 12.7. The maximum absolute atomic E-state index is 12.6. The van der Waals surface area contributed by atoms with Crippen LogP contribution in [0.25, 0.3) is 0 Å². The second kappa shape index (κ2) is 22.5. The molecule has 0 amide bonds. The molecule has 9 nitrogen and oxygen atoms in total. The van der Waals surface area contributed by atoms with Crippen molar-refractivity contribution in [2.45, 2.75) is 56.8 Å². The zero-order chi connectivity index (χ0) is 35.9. The Hall–Kier alpha value is -5.13. The number of carbonyl (C=O) groups excluding carboxylic acids is 2. The van der Waals surface area contributed by atoms with Crippen molar-refractivity contribution in [1.29, 1.82) is 0 Å². The number of nitrogens with zero attached hydrogens (tertiary/aromatic N) is 3. The first-order valence-electron chi connectivity index (χ1n) is 16.2. The van der Waals surface area contributed by atoms with Crippen molar-refractivity contribution in [1.82, 2.24) is 4.98 Å². The van der Waals surface area contributed by atoms with Crippen molar-refractivity contribution in [3.8, 4) is 5.75 Å². The standard InChI is InChI=1S/C39H42N4O5S2/c1-2-3-4-5-6-7-8-9-10-11-12-13-14-15-16-17-18-19-23-38(44)48-36-29-26-33(31-35(36)39(45)49)42-41-32-24-27-34(28-25-32)50(46,47)43-37-22-20-21-30-40-37/h3-4,6-7,9-10,12-13,15-16,18-22,24-31H,2,5,8,11,14,17,23H2,1H3,(H,40,43)(H,45,49). The van der Waals surface area contributed by atoms with Crippen molar-refractivity contribution < 1.29 is 22.7 Å². The van der Waals surface area contributed by atoms with Gasteiger partial charge in [-0.3, -0.25) is 14.3 Å². The lowest BCUT2D eigenvalue weighted by atomic mass is 10.2. The number of hydrogen-bond acceptors (Lipinski definition) is 8. The van der Waals surface area contributed by atoms with Gasteiger partial charge >= 0.3 is 5.97 Å². The molecule has 0 saturated heterocycles. The van der Waals surface area contributed by atoms with Crippen LogP contribution >= 0.6 is 12.6 Å². The molecule has 0 radical (unpaired) electrons. The SMILES string of the molecule is CCC=CCC=CCC=CCC=CCC=CCC=CCC(=O)Oc1ccc(N=Nc2ccc(S(=O)(=O)Nc3ccccn3)cc2)cc1C(=O)S. The van der Waals surface area contributed by atoms with Crippen LogP contribution in [-0.4, -0.2) is 24.5 Å². The zero-order valence-electron chi connectivity index (χ0n) is 28.0. The number of aromatic nitrogens is 1. The number of hydrogen-bond donors (Lipinski definition) is 2. The van der Waals surface area contributed by atoms with Crippen LogP contribution in [-0.2, 0) is 14.8 Å². The highest BCUT2D eigenvalue weighted by atomic mass is 32.2. The Morgan fingerprint density at radius 1 is 0.740 bits per heavy atom. The van der Waals surface area contributed by atoms with E-state index >= 15 is 0 Å². The fourth-order valence-corrected chi connectivity index (χ4v) is 5.31. The Bertz CT molecular complexity index is 1840. The van der Waals surface area contributed by atoms with Crippen molar-refractivity contribution in [3.05, 3.63) is 145 Å². The van der Waals surface area contributed by atoms with Gasteiger partial charge in [-0.25, -0.2) is 13.4 Å². The normalized spacial score (nSPS) is 12.5. The molecule has 1 aromatic heterocycles. The van der Waals surface area contributed by atoms with Gasteiger partial charge in [0, 0.05) is 6.20 Å². The molecule has 0 aliphatic carbocycles. The van der Waals surface area contributed by atoms with Gasteiger partial charge in [0.15, 0.2) is 0 Å². The first kappa shape index (κ1) is 39.3. The number of sulfonamides is 1. The van der Waals surface area contributed by atoms with Gasteiger partial charge in [0.25, 0.3) is 10.0 Å². The quantitative estimate of drug-likeness (QED) is 0.0395. The molecule has 0 aliphatic heterocycles. The molecule has 0 spiro atoms. The van der Waals surface area contributed by atoms with E-state index in [2.05, 4.69) is 94.2 Å². The summed E-state index contributed by atoms with van der Waals surface area (Å²) in [4.78, 5) is 28.6. The highest BCUT2D eigenvalue weighted by molar-refractivity contribution is 7.97. The number of benzene rings is 2. The summed E-state index contributed by atoms with van der Waals surface area (Å²) in [6.45, 7) is 2.13. The van der Waals surface area contributed by atoms with E-state index in [0.29, 0.717) is 17.8 Å². The summed E-state index contributed by atoms with van der Waals surface area (Å²) in [7, 11) is -3.83. The summed E-state index contributed by atoms with van der Waals surface area (Å²) >= 11 is 3.91. The molecular weight excluding hydrogens is 669 g/mol. The molecule has 0 atom stereocenters. The molecule has 3 aromatic rings. The van der Waals surface area contributed by atoms with Crippen LogP contribution in [0.15, 0.2) is 155 Å². The third kappa shape index (κ3) is 15.4. The fourth-order valence-electron chi connectivity index (χ4n) is 4.13. The number of rotatable bonds is 20. The van der Waals surface area contributed by atoms with Gasteiger partial charge < -0.3 is 4.74 Å². The summed E-state index contributed by atoms with van der Waals surface area (Å²) in [6.07, 6.45) is 32.0. The number of ether oxygens (including phenoxy) is 1. The summed E-state index contributed by atoms with van der Waals surface area (Å²) < 4.78 is 33.0. The number of carbonyl (C=O) groups is 2. The highest BCUT2D eigenvalue weighted by Crippen LogP contribution is 2.28. The van der Waals surface area contributed by atoms with Crippen LogP contribution in [0.1, 0.15) is 62.2 Å². The molecule has 0 unspecified atom stereocenters. The lowest BCUT2D eigenvalue weighted by Crippen LogP contribution is -2.13. The number of allylic oxidation sites excluding steroid dienone is 11. The molecular formula is C39H42N4O5S2. The lowest BCUT2D eigenvalue weighted by molar-refractivity contribution is -0.133. The molecule has 3 rings (SSSR count). The molecule has 0 fully saturated rings. The Kier molecular flexibility index (Phi) is 17.7. The zero-order valence-corrected chi connectivity index (χ0v) is 29.7. The molecule has 0 aliphatic rings. The molecule has 1 N–H and O–H groups in total. The predicted octanol–water partition coefficient (Wildman–Crippen LogP) is 10.4. The number of azo groups is 1. The van der Waals surface area contributed by atoms with E-state index in [1.54, 1.807) is 30.3 Å². The molecule has 1 heterocycles. The first-order chi connectivity index (χ1) is 24.3. The maximum Gasteiger partial charge on any atom is 0.315 e. The predicted molar refractivity (Wildman–Crippen MR) is 204 cm³/mol. The van der Waals surface area contributed by atoms with Gasteiger partial charge in [-0.05, 0) is 93.1 Å². The van der Waals surface area contributed by atoms with Crippen LogP contribution in [0, 0.1) is 0 Å². The smallest absolute Gasteiger partial charge is 0.315 e. The third-order valence-electron chi connectivity index (χ3n) is 6.63. The van der Waals surface area contributed by atoms with Crippen LogP contribution in [0.3, 0.4) is 0 Å². The van der Waals surface area contributed by atoms with E-state index in [4.69, 9.17) is 4.74 Å². The Balaban J connectivity index is 1.41. The van der Waals surface area contributed by atoms with Crippen molar-refractivity contribution >= 4 is 50.9 Å². The van der Waals surface area contributed by atoms with Gasteiger partial charge in [-0.15, -0.1) is 12.6 Å². The van der Waals surface area contributed by atoms with Gasteiger partial charge in [0.05, 0.1) is 28.3 Å². The van der Waals surface area contributed by atoms with E-state index in [1.807, 2.05) is 12.2 Å². The molecule has 0 bridgehead atoms. The average molecular weight is 711 g/mol. The summed E-state index contributed by atoms with van der Waals surface area (Å²) in [6, 6.07) is 15.1. The molecule has 0 saturated carbocycles. The van der Waals surface area contributed by atoms with E-state index in [0.717, 1.165) is 32.1 Å². The van der Waals surface area contributed by atoms with Crippen LogP contribution in [0.5, 0.6) is 5.75 Å². The molecule has 2 aromatic carbocycles. The number of thiol groups is 1. The number of nitrogens with one attached hydrogen (secondary N) is 1. The topological polar surface area (TPSA) is 127 Å². The summed E-state index contributed by atoms with van der Waals surface area (Å²) in [5, 5.41) is 7.63. The first-order valence-corrected chi connectivity index (χ1v) is 18.1. The van der Waals surface area contributed by atoms with Crippen LogP contribution in [0.2, 0.25) is 0 Å². The lowest BCUT2D eigenvalue weighted by Gasteiger charge is -2.08. The van der Waals surface area contributed by atoms with Gasteiger partial charge in [-0.1, -0.05) is 85.9 Å². The van der Waals surface area contributed by atoms with Gasteiger partial charge in [0.1, 0.15) is 11.6 Å². The van der Waals surface area contributed by atoms with E-state index in [-0.39, 0.29) is 28.4 Å². The Morgan fingerprint density at radius 2 is 1.28 bits per heavy atom. The second-order valence-electron chi connectivity index (χ2n) is 10.6. The molecule has 11 heteroatoms. The van der Waals surface area contributed by atoms with Crippen LogP contribution in [0.4, 0.5) is 17.2 Å². The van der Waals surface area contributed by atoms with Gasteiger partial charge in [0.2, 0.25) is 5.12 Å². The third-order valence-corrected chi connectivity index (χ3v) is 8.24. The summed E-state index contributed by atoms with van der Waals surface area (Å²) in [5.41, 5.74) is 0.753. The molecule has 50 heavy (non-hydrogen) atoms. The van der Waals surface area contributed by atoms with Crippen LogP contribution < -0.4 is 9.46 Å². The minimum absolute atomic E-state index is 0.0280. The van der Waals surface area contributed by atoms with Crippen molar-refractivity contribution in [2.24, 2.45) is 10.2 Å². The Morgan fingerprint density at radius 3 is 1.82 bits per heavy atom. The largest absolute Gasteiger partial charge is 0.425 e. The minimum atomic E-state index is -3.83. The van der Waals surface area contributed by atoms with Crippen molar-refractivity contribution in [3.63, 3.8) is 0 Å². The molecule has 260 valence electrons. The minimum Gasteiger partial charge on any atom is -0.425 e. The summed E-state index contributed by atoms with van der Waals surface area (Å²) in [5.74, 6) is -0.258. The number of pyridine rings is 1. The van der Waals surface area contributed by atoms with E-state index < -0.39 is 21.1 Å². The maximum atomic E-state index is 12.6. The highest BCUT2D eigenvalue weighted by Gasteiger charge is 2.15. The van der Waals surface area contributed by atoms with E-state index in [9.17, 15) is 18.0 Å². The van der Waals surface area contributed by atoms with E-state index in [1.165, 1.54) is 42.6 Å². The van der Waals surface area contributed by atoms with Gasteiger partial charge in [-0.2, -0.15) is 10.2 Å².